The van der Waals surface area contributed by atoms with Crippen LogP contribution in [0.1, 0.15) is 46.5 Å². The van der Waals surface area contributed by atoms with Crippen LogP contribution in [0.3, 0.4) is 0 Å². The van der Waals surface area contributed by atoms with Crippen molar-refractivity contribution in [1.29, 1.82) is 0 Å². The largest absolute Gasteiger partial charge is 0.360 e. The van der Waals surface area contributed by atoms with Crippen molar-refractivity contribution in [1.82, 2.24) is 15.2 Å². The molecule has 1 aromatic heterocycles. The number of rotatable bonds is 15. The van der Waals surface area contributed by atoms with Crippen LogP contribution in [0, 0.1) is 5.82 Å². The molecule has 2 amide bonds. The molecule has 1 heterocycles. The van der Waals surface area contributed by atoms with Crippen molar-refractivity contribution in [3.05, 3.63) is 36.3 Å². The lowest BCUT2D eigenvalue weighted by Gasteiger charge is -2.30. The Bertz CT molecular complexity index is 1230. The molecular formula is C24H37FN4O8P2S. The third-order valence-corrected chi connectivity index (χ3v) is 10.5. The lowest BCUT2D eigenvalue weighted by atomic mass is 10.1. The van der Waals surface area contributed by atoms with Crippen molar-refractivity contribution in [3.8, 4) is 0 Å². The van der Waals surface area contributed by atoms with Gasteiger partial charge >= 0.3 is 15.2 Å². The highest BCUT2D eigenvalue weighted by Gasteiger charge is 2.44. The van der Waals surface area contributed by atoms with Crippen LogP contribution in [0.4, 0.5) is 14.9 Å². The second kappa shape index (κ2) is 15.4. The average Bonchev–Trinajstić information content (AvgIpc) is 2.86. The number of pyridine rings is 1. The van der Waals surface area contributed by atoms with Crippen LogP contribution in [0.2, 0.25) is 0 Å². The van der Waals surface area contributed by atoms with Crippen molar-refractivity contribution in [2.24, 2.45) is 0 Å². The summed E-state index contributed by atoms with van der Waals surface area (Å²) in [6.45, 7) is 8.80. The van der Waals surface area contributed by atoms with Crippen LogP contribution in [-0.4, -0.2) is 77.6 Å². The van der Waals surface area contributed by atoms with Gasteiger partial charge in [-0.1, -0.05) is 25.6 Å². The van der Waals surface area contributed by atoms with Gasteiger partial charge in [0.15, 0.2) is 0 Å². The molecule has 0 saturated carbocycles. The molecule has 0 fully saturated rings. The number of amides is 2. The van der Waals surface area contributed by atoms with Gasteiger partial charge in [-0.2, -0.15) is 0 Å². The van der Waals surface area contributed by atoms with Crippen LogP contribution >= 0.6 is 27.0 Å². The third kappa shape index (κ3) is 10.2. The van der Waals surface area contributed by atoms with E-state index in [2.05, 4.69) is 23.7 Å². The molecule has 40 heavy (non-hydrogen) atoms. The van der Waals surface area contributed by atoms with E-state index in [4.69, 9.17) is 19.6 Å². The van der Waals surface area contributed by atoms with Gasteiger partial charge in [-0.25, -0.2) is 4.39 Å². The fourth-order valence-electron chi connectivity index (χ4n) is 4.15. The molecule has 0 aliphatic rings. The molecule has 1 aromatic carbocycles. The maximum Gasteiger partial charge on any atom is 0.360 e. The van der Waals surface area contributed by atoms with Gasteiger partial charge < -0.3 is 29.8 Å². The number of halogens is 1. The van der Waals surface area contributed by atoms with Gasteiger partial charge in [-0.3, -0.25) is 28.6 Å². The van der Waals surface area contributed by atoms with Gasteiger partial charge in [-0.05, 0) is 64.0 Å². The van der Waals surface area contributed by atoms with E-state index in [0.717, 1.165) is 37.8 Å². The summed E-state index contributed by atoms with van der Waals surface area (Å²) in [5.74, 6) is -1.26. The Hall–Kier alpha value is -1.89. The Morgan fingerprint density at radius 3 is 2.33 bits per heavy atom. The molecule has 2 rings (SSSR count). The van der Waals surface area contributed by atoms with E-state index in [1.807, 2.05) is 6.92 Å². The minimum Gasteiger partial charge on any atom is -0.332 e. The first-order valence-corrected chi connectivity index (χ1v) is 17.2. The molecule has 0 bridgehead atoms. The fourth-order valence-corrected chi connectivity index (χ4v) is 7.23. The Morgan fingerprint density at radius 1 is 1.07 bits per heavy atom. The standard InChI is InChI=1S/C24H37FN4O8P2S/c1-4-28(5-2)14-6-8-17(3)29(21-12-13-26-20-16-18(25)10-11-19(20)21)24(31)40-15-7-9-22(30)27-23(38(32,33)34)39(35,36)37/h10-13,16-17,23H,4-9,14-15H2,1-3H3,(H,27,30)(H2,32,33,34)(H2,35,36,37). The Balaban J connectivity index is 2.13. The maximum absolute atomic E-state index is 13.8. The Morgan fingerprint density at radius 2 is 1.73 bits per heavy atom. The number of hydrogen-bond acceptors (Lipinski definition) is 7. The van der Waals surface area contributed by atoms with Gasteiger partial charge in [0.2, 0.25) is 11.4 Å². The highest BCUT2D eigenvalue weighted by Crippen LogP contribution is 2.58. The molecule has 0 aliphatic carbocycles. The SMILES string of the molecule is CCN(CC)CCCC(C)N(C(=O)SCCCC(=O)NC(P(=O)(O)O)P(=O)(O)O)c1ccnc2cc(F)ccc12. The molecule has 2 aromatic rings. The number of carbonyl (C=O) groups is 2. The van der Waals surface area contributed by atoms with E-state index in [1.54, 1.807) is 22.3 Å². The molecule has 0 saturated heterocycles. The van der Waals surface area contributed by atoms with Crippen molar-refractivity contribution in [2.45, 2.75) is 58.0 Å². The van der Waals surface area contributed by atoms with E-state index < -0.39 is 32.4 Å². The average molecular weight is 623 g/mol. The molecule has 5 N–H and O–H groups in total. The van der Waals surface area contributed by atoms with Crippen molar-refractivity contribution in [3.63, 3.8) is 0 Å². The number of fused-ring (bicyclic) bond motifs is 1. The summed E-state index contributed by atoms with van der Waals surface area (Å²) in [6, 6.07) is 5.64. The first-order chi connectivity index (χ1) is 18.7. The van der Waals surface area contributed by atoms with E-state index in [0.29, 0.717) is 23.0 Å². The first kappa shape index (κ1) is 34.3. The summed E-state index contributed by atoms with van der Waals surface area (Å²) in [5, 5.41) is 2.00. The van der Waals surface area contributed by atoms with E-state index in [9.17, 15) is 23.1 Å². The summed E-state index contributed by atoms with van der Waals surface area (Å²) >= 11 is 0.935. The van der Waals surface area contributed by atoms with Crippen molar-refractivity contribution >= 4 is 54.7 Å². The zero-order valence-corrected chi connectivity index (χ0v) is 25.2. The van der Waals surface area contributed by atoms with Crippen LogP contribution < -0.4 is 10.2 Å². The second-order valence-corrected chi connectivity index (χ2v) is 14.1. The number of nitrogens with zero attached hydrogens (tertiary/aromatic N) is 3. The lowest BCUT2D eigenvalue weighted by molar-refractivity contribution is -0.121. The summed E-state index contributed by atoms with van der Waals surface area (Å²) in [4.78, 5) is 70.3. The molecular weight excluding hydrogens is 585 g/mol. The normalized spacial score (nSPS) is 13.2. The van der Waals surface area contributed by atoms with Gasteiger partial charge in [-0.15, -0.1) is 0 Å². The summed E-state index contributed by atoms with van der Waals surface area (Å²) < 4.78 is 36.6. The fraction of sp³-hybridized carbons (Fsp3) is 0.542. The number of aromatic nitrogens is 1. The molecule has 0 radical (unpaired) electrons. The van der Waals surface area contributed by atoms with Crippen molar-refractivity contribution in [2.75, 3.05) is 30.3 Å². The molecule has 0 aliphatic heterocycles. The first-order valence-electron chi connectivity index (χ1n) is 12.8. The summed E-state index contributed by atoms with van der Waals surface area (Å²) in [6.07, 6.45) is 2.84. The monoisotopic (exact) mass is 622 g/mol. The Kier molecular flexibility index (Phi) is 13.2. The lowest BCUT2D eigenvalue weighted by Crippen LogP contribution is -2.37. The number of benzene rings is 1. The number of anilines is 1. The molecule has 1 atom stereocenters. The van der Waals surface area contributed by atoms with Crippen LogP contribution in [0.5, 0.6) is 0 Å². The number of nitrogens with one attached hydrogen (secondary N) is 1. The molecule has 1 unspecified atom stereocenters. The number of thioether (sulfide) groups is 1. The second-order valence-electron chi connectivity index (χ2n) is 9.22. The van der Waals surface area contributed by atoms with Crippen LogP contribution in [0.15, 0.2) is 30.5 Å². The predicted octanol–water partition coefficient (Wildman–Crippen LogP) is 4.08. The smallest absolute Gasteiger partial charge is 0.332 e. The van der Waals surface area contributed by atoms with E-state index in [-0.39, 0.29) is 29.9 Å². The van der Waals surface area contributed by atoms with Crippen molar-refractivity contribution < 1.29 is 42.7 Å². The van der Waals surface area contributed by atoms with E-state index in [1.165, 1.54) is 18.3 Å². The van der Waals surface area contributed by atoms with Gasteiger partial charge in [0.25, 0.3) is 5.24 Å². The quantitative estimate of drug-likeness (QED) is 0.143. The molecule has 0 spiro atoms. The topological polar surface area (TPSA) is 181 Å². The Labute approximate surface area is 237 Å². The molecule has 16 heteroatoms. The van der Waals surface area contributed by atoms with E-state index >= 15 is 0 Å². The maximum atomic E-state index is 13.8. The molecule has 224 valence electrons. The minimum absolute atomic E-state index is 0.101. The van der Waals surface area contributed by atoms with Gasteiger partial charge in [0.05, 0.1) is 11.2 Å². The number of hydrogen-bond donors (Lipinski definition) is 5. The predicted molar refractivity (Wildman–Crippen MR) is 154 cm³/mol. The molecule has 12 nitrogen and oxygen atoms in total. The highest BCUT2D eigenvalue weighted by molar-refractivity contribution is 8.13. The number of carbonyl (C=O) groups excluding carboxylic acids is 2. The summed E-state index contributed by atoms with van der Waals surface area (Å²) in [7, 11) is -10.6. The third-order valence-electron chi connectivity index (χ3n) is 6.27. The summed E-state index contributed by atoms with van der Waals surface area (Å²) in [5.41, 5.74) is -1.65. The minimum atomic E-state index is -5.30. The van der Waals surface area contributed by atoms with Crippen LogP contribution in [0.25, 0.3) is 10.9 Å². The zero-order chi connectivity index (χ0) is 30.1. The highest BCUT2D eigenvalue weighted by atomic mass is 32.2. The zero-order valence-electron chi connectivity index (χ0n) is 22.6. The van der Waals surface area contributed by atoms with Crippen LogP contribution in [-0.2, 0) is 13.9 Å². The van der Waals surface area contributed by atoms with Gasteiger partial charge in [0, 0.05) is 35.9 Å². The van der Waals surface area contributed by atoms with Gasteiger partial charge in [0.1, 0.15) is 5.82 Å².